The first-order chi connectivity index (χ1) is 8.27. The maximum absolute atomic E-state index is 12.3. The predicted octanol–water partition coefficient (Wildman–Crippen LogP) is 3.51. The van der Waals surface area contributed by atoms with Crippen molar-refractivity contribution < 1.29 is 8.78 Å². The van der Waals surface area contributed by atoms with E-state index in [0.29, 0.717) is 5.92 Å². The Morgan fingerprint density at radius 3 is 2.65 bits per heavy atom. The SMILES string of the molecule is FC(F)CSc1ccccc1C1CCNCC1. The van der Waals surface area contributed by atoms with E-state index in [1.807, 2.05) is 18.2 Å². The van der Waals surface area contributed by atoms with Gasteiger partial charge in [-0.05, 0) is 43.5 Å². The van der Waals surface area contributed by atoms with Crippen LogP contribution in [0.4, 0.5) is 8.78 Å². The van der Waals surface area contributed by atoms with E-state index in [9.17, 15) is 8.78 Å². The minimum Gasteiger partial charge on any atom is -0.317 e. The number of rotatable bonds is 4. The van der Waals surface area contributed by atoms with Gasteiger partial charge in [0.25, 0.3) is 0 Å². The van der Waals surface area contributed by atoms with Crippen LogP contribution in [-0.2, 0) is 0 Å². The zero-order chi connectivity index (χ0) is 12.1. The molecule has 0 saturated carbocycles. The van der Waals surface area contributed by atoms with Crippen molar-refractivity contribution in [1.29, 1.82) is 0 Å². The summed E-state index contributed by atoms with van der Waals surface area (Å²) in [7, 11) is 0. The molecule has 94 valence electrons. The van der Waals surface area contributed by atoms with E-state index in [1.165, 1.54) is 17.3 Å². The molecular weight excluding hydrogens is 240 g/mol. The van der Waals surface area contributed by atoms with Crippen LogP contribution < -0.4 is 5.32 Å². The molecule has 1 aromatic rings. The van der Waals surface area contributed by atoms with E-state index >= 15 is 0 Å². The topological polar surface area (TPSA) is 12.0 Å². The summed E-state index contributed by atoms with van der Waals surface area (Å²) in [6.45, 7) is 2.05. The fourth-order valence-electron chi connectivity index (χ4n) is 2.23. The first-order valence-electron chi connectivity index (χ1n) is 5.98. The molecule has 17 heavy (non-hydrogen) atoms. The smallest absolute Gasteiger partial charge is 0.247 e. The number of hydrogen-bond donors (Lipinski definition) is 1. The van der Waals surface area contributed by atoms with E-state index in [-0.39, 0.29) is 5.75 Å². The molecule has 0 aliphatic carbocycles. The number of thioether (sulfide) groups is 1. The fraction of sp³-hybridized carbons (Fsp3) is 0.538. The van der Waals surface area contributed by atoms with E-state index < -0.39 is 6.43 Å². The van der Waals surface area contributed by atoms with Gasteiger partial charge in [0.2, 0.25) is 6.43 Å². The molecule has 1 fully saturated rings. The first kappa shape index (κ1) is 12.8. The molecule has 0 aromatic heterocycles. The van der Waals surface area contributed by atoms with Crippen LogP contribution in [0, 0.1) is 0 Å². The summed E-state index contributed by atoms with van der Waals surface area (Å²) in [6.07, 6.45) is -0.0283. The third-order valence-electron chi connectivity index (χ3n) is 3.06. The summed E-state index contributed by atoms with van der Waals surface area (Å²) in [5, 5.41) is 3.33. The molecule has 0 spiro atoms. The van der Waals surface area contributed by atoms with Gasteiger partial charge in [0.05, 0.1) is 5.75 Å². The van der Waals surface area contributed by atoms with Crippen molar-refractivity contribution in [1.82, 2.24) is 5.32 Å². The van der Waals surface area contributed by atoms with Crippen molar-refractivity contribution in [2.24, 2.45) is 0 Å². The van der Waals surface area contributed by atoms with Gasteiger partial charge in [-0.15, -0.1) is 11.8 Å². The van der Waals surface area contributed by atoms with Gasteiger partial charge in [0, 0.05) is 4.90 Å². The zero-order valence-electron chi connectivity index (χ0n) is 9.66. The Morgan fingerprint density at radius 1 is 1.24 bits per heavy atom. The van der Waals surface area contributed by atoms with Crippen LogP contribution in [0.5, 0.6) is 0 Å². The minimum atomic E-state index is -2.24. The average molecular weight is 257 g/mol. The number of halogens is 2. The highest BCUT2D eigenvalue weighted by atomic mass is 32.2. The lowest BCUT2D eigenvalue weighted by Crippen LogP contribution is -2.26. The molecule has 1 heterocycles. The molecule has 0 atom stereocenters. The summed E-state index contributed by atoms with van der Waals surface area (Å²) in [4.78, 5) is 1.03. The Hall–Kier alpha value is -0.610. The molecule has 0 amide bonds. The van der Waals surface area contributed by atoms with E-state index in [1.54, 1.807) is 0 Å². The Kier molecular flexibility index (Phi) is 4.80. The number of piperidine rings is 1. The van der Waals surface area contributed by atoms with Crippen LogP contribution in [0.25, 0.3) is 0 Å². The van der Waals surface area contributed by atoms with Crippen molar-refractivity contribution in [3.8, 4) is 0 Å². The Balaban J connectivity index is 2.09. The summed E-state index contributed by atoms with van der Waals surface area (Å²) in [6, 6.07) is 7.98. The quantitative estimate of drug-likeness (QED) is 0.828. The average Bonchev–Trinajstić information content (AvgIpc) is 2.38. The molecule has 1 aromatic carbocycles. The van der Waals surface area contributed by atoms with Crippen LogP contribution in [0.1, 0.15) is 24.3 Å². The molecular formula is C13H17F2NS. The van der Waals surface area contributed by atoms with Crippen molar-refractivity contribution in [3.05, 3.63) is 29.8 Å². The highest BCUT2D eigenvalue weighted by Gasteiger charge is 2.18. The van der Waals surface area contributed by atoms with Crippen LogP contribution in [0.15, 0.2) is 29.2 Å². The molecule has 4 heteroatoms. The maximum Gasteiger partial charge on any atom is 0.247 e. The predicted molar refractivity (Wildman–Crippen MR) is 68.0 cm³/mol. The lowest BCUT2D eigenvalue weighted by Gasteiger charge is -2.24. The molecule has 2 rings (SSSR count). The maximum atomic E-state index is 12.3. The first-order valence-corrected chi connectivity index (χ1v) is 6.96. The van der Waals surface area contributed by atoms with Crippen LogP contribution >= 0.6 is 11.8 Å². The molecule has 1 aliphatic heterocycles. The third-order valence-corrected chi connectivity index (χ3v) is 4.16. The van der Waals surface area contributed by atoms with Crippen molar-refractivity contribution >= 4 is 11.8 Å². The highest BCUT2D eigenvalue weighted by molar-refractivity contribution is 7.99. The van der Waals surface area contributed by atoms with Gasteiger partial charge in [-0.25, -0.2) is 8.78 Å². The number of alkyl halides is 2. The number of benzene rings is 1. The second kappa shape index (κ2) is 6.36. The minimum absolute atomic E-state index is 0.109. The lowest BCUT2D eigenvalue weighted by atomic mass is 9.90. The van der Waals surface area contributed by atoms with Gasteiger partial charge < -0.3 is 5.32 Å². The molecule has 1 aliphatic rings. The second-order valence-electron chi connectivity index (χ2n) is 4.26. The molecule has 1 N–H and O–H groups in total. The van der Waals surface area contributed by atoms with Gasteiger partial charge >= 0.3 is 0 Å². The summed E-state index contributed by atoms with van der Waals surface area (Å²) < 4.78 is 24.5. The van der Waals surface area contributed by atoms with E-state index in [4.69, 9.17) is 0 Å². The molecule has 0 bridgehead atoms. The van der Waals surface area contributed by atoms with E-state index in [2.05, 4.69) is 11.4 Å². The summed E-state index contributed by atoms with van der Waals surface area (Å²) in [5.74, 6) is 0.416. The van der Waals surface area contributed by atoms with Crippen molar-refractivity contribution in [2.75, 3.05) is 18.8 Å². The summed E-state index contributed by atoms with van der Waals surface area (Å²) in [5.41, 5.74) is 1.25. The Labute approximate surface area is 105 Å². The second-order valence-corrected chi connectivity index (χ2v) is 5.33. The standard InChI is InChI=1S/C13H17F2NS/c14-13(15)9-17-12-4-2-1-3-11(12)10-5-7-16-8-6-10/h1-4,10,13,16H,5-9H2. The van der Waals surface area contributed by atoms with Crippen LogP contribution in [-0.4, -0.2) is 25.3 Å². The van der Waals surface area contributed by atoms with Gasteiger partial charge in [-0.3, -0.25) is 0 Å². The van der Waals surface area contributed by atoms with Gasteiger partial charge in [-0.1, -0.05) is 18.2 Å². The third kappa shape index (κ3) is 3.68. The Bertz CT molecular complexity index is 351. The zero-order valence-corrected chi connectivity index (χ0v) is 10.5. The van der Waals surface area contributed by atoms with Gasteiger partial charge in [0.1, 0.15) is 0 Å². The van der Waals surface area contributed by atoms with Crippen LogP contribution in [0.3, 0.4) is 0 Å². The normalized spacial score (nSPS) is 17.6. The molecule has 0 unspecified atom stereocenters. The number of nitrogens with one attached hydrogen (secondary N) is 1. The van der Waals surface area contributed by atoms with Gasteiger partial charge in [0.15, 0.2) is 0 Å². The molecule has 1 saturated heterocycles. The molecule has 1 nitrogen and oxygen atoms in total. The lowest BCUT2D eigenvalue weighted by molar-refractivity contribution is 0.177. The summed E-state index contributed by atoms with van der Waals surface area (Å²) >= 11 is 1.28. The van der Waals surface area contributed by atoms with Crippen molar-refractivity contribution in [2.45, 2.75) is 30.1 Å². The number of hydrogen-bond acceptors (Lipinski definition) is 2. The van der Waals surface area contributed by atoms with E-state index in [0.717, 1.165) is 30.8 Å². The fourth-order valence-corrected chi connectivity index (χ4v) is 3.12. The van der Waals surface area contributed by atoms with Gasteiger partial charge in [-0.2, -0.15) is 0 Å². The largest absolute Gasteiger partial charge is 0.317 e. The highest BCUT2D eigenvalue weighted by Crippen LogP contribution is 2.33. The molecule has 0 radical (unpaired) electrons. The monoisotopic (exact) mass is 257 g/mol. The van der Waals surface area contributed by atoms with Crippen LogP contribution in [0.2, 0.25) is 0 Å². The Morgan fingerprint density at radius 2 is 1.94 bits per heavy atom. The van der Waals surface area contributed by atoms with Crippen molar-refractivity contribution in [3.63, 3.8) is 0 Å².